The second-order valence-corrected chi connectivity index (χ2v) is 7.93. The van der Waals surface area contributed by atoms with E-state index in [1.54, 1.807) is 19.1 Å². The summed E-state index contributed by atoms with van der Waals surface area (Å²) < 4.78 is 34.5. The van der Waals surface area contributed by atoms with E-state index >= 15 is 0 Å². The molecule has 0 radical (unpaired) electrons. The summed E-state index contributed by atoms with van der Waals surface area (Å²) in [5.41, 5.74) is 2.42. The number of benzene rings is 2. The Morgan fingerprint density at radius 3 is 2.69 bits per heavy atom. The van der Waals surface area contributed by atoms with Gasteiger partial charge >= 0.3 is 5.97 Å². The van der Waals surface area contributed by atoms with Gasteiger partial charge in [0.15, 0.2) is 0 Å². The number of methoxy groups -OCH3 is 1. The first-order valence-corrected chi connectivity index (χ1v) is 9.54. The number of ether oxygens (including phenoxy) is 1. The monoisotopic (exact) mass is 371 g/mol. The first-order valence-electron chi connectivity index (χ1n) is 8.10. The predicted molar refractivity (Wildman–Crippen MR) is 96.8 cm³/mol. The van der Waals surface area contributed by atoms with Crippen molar-refractivity contribution in [2.45, 2.75) is 18.4 Å². The van der Waals surface area contributed by atoms with E-state index in [2.05, 4.69) is 4.98 Å². The molecule has 8 heteroatoms. The summed E-state index contributed by atoms with van der Waals surface area (Å²) >= 11 is 0. The van der Waals surface area contributed by atoms with Gasteiger partial charge in [0.1, 0.15) is 0 Å². The molecule has 2 heterocycles. The van der Waals surface area contributed by atoms with Crippen LogP contribution in [0.2, 0.25) is 0 Å². The van der Waals surface area contributed by atoms with E-state index in [1.165, 1.54) is 17.5 Å². The summed E-state index contributed by atoms with van der Waals surface area (Å²) in [5.74, 6) is -0.177. The minimum Gasteiger partial charge on any atom is -0.465 e. The molecule has 0 atom stereocenters. The number of rotatable bonds is 3. The molecule has 3 aromatic rings. The minimum absolute atomic E-state index is 0.0842. The van der Waals surface area contributed by atoms with Crippen molar-refractivity contribution in [3.63, 3.8) is 0 Å². The highest BCUT2D eigenvalue weighted by Crippen LogP contribution is 2.32. The third-order valence-corrected chi connectivity index (χ3v) is 6.48. The van der Waals surface area contributed by atoms with Crippen LogP contribution >= 0.6 is 0 Å². The molecule has 1 aromatic heterocycles. The van der Waals surface area contributed by atoms with Crippen molar-refractivity contribution < 1.29 is 17.9 Å². The molecular formula is C18H17N3O4S. The van der Waals surface area contributed by atoms with Gasteiger partial charge in [-0.25, -0.2) is 22.5 Å². The van der Waals surface area contributed by atoms with Crippen LogP contribution in [0, 0.1) is 6.92 Å². The maximum atomic E-state index is 13.3. The lowest BCUT2D eigenvalue weighted by Crippen LogP contribution is -2.30. The van der Waals surface area contributed by atoms with Gasteiger partial charge in [-0.1, -0.05) is 18.2 Å². The number of carbonyl (C=O) groups is 1. The van der Waals surface area contributed by atoms with Crippen LogP contribution in [0.3, 0.4) is 0 Å². The number of hydrogen-bond acceptors (Lipinski definition) is 5. The Bertz CT molecular complexity index is 1130. The van der Waals surface area contributed by atoms with Gasteiger partial charge in [-0.3, -0.25) is 0 Å². The number of sulfonamides is 1. The van der Waals surface area contributed by atoms with Gasteiger partial charge in [0.05, 0.1) is 35.1 Å². The number of para-hydroxylation sites is 2. The van der Waals surface area contributed by atoms with Gasteiger partial charge in [0, 0.05) is 6.54 Å². The molecule has 0 amide bonds. The molecule has 134 valence electrons. The van der Waals surface area contributed by atoms with Crippen LogP contribution in [0.5, 0.6) is 0 Å². The Balaban J connectivity index is 1.84. The number of hydrogen-bond donors (Lipinski definition) is 0. The number of anilines is 1. The Kier molecular flexibility index (Phi) is 3.73. The molecule has 0 fully saturated rings. The zero-order valence-corrected chi connectivity index (χ0v) is 15.2. The zero-order chi connectivity index (χ0) is 18.5. The van der Waals surface area contributed by atoms with E-state index in [1.807, 2.05) is 28.8 Å². The van der Waals surface area contributed by atoms with E-state index in [9.17, 15) is 13.2 Å². The molecule has 0 unspecified atom stereocenters. The van der Waals surface area contributed by atoms with Gasteiger partial charge < -0.3 is 9.30 Å². The number of carbonyl (C=O) groups excluding carboxylic acids is 1. The summed E-state index contributed by atoms with van der Waals surface area (Å²) in [4.78, 5) is 16.4. The number of fused-ring (bicyclic) bond motifs is 3. The number of nitrogens with zero attached hydrogens (tertiary/aromatic N) is 3. The molecule has 0 aliphatic carbocycles. The molecule has 4 rings (SSSR count). The number of imidazole rings is 1. The SMILES string of the molecule is COC(=O)c1ccc(C)c(S(=O)(=O)N2CCn3c2nc2ccccc23)c1. The molecule has 1 aliphatic heterocycles. The molecule has 0 N–H and O–H groups in total. The van der Waals surface area contributed by atoms with Gasteiger partial charge in [-0.2, -0.15) is 0 Å². The van der Waals surface area contributed by atoms with Crippen molar-refractivity contribution in [1.82, 2.24) is 9.55 Å². The normalized spacial score (nSPS) is 13.8. The van der Waals surface area contributed by atoms with Crippen molar-refractivity contribution in [3.8, 4) is 0 Å². The molecule has 0 saturated carbocycles. The number of aromatic nitrogens is 2. The highest BCUT2D eigenvalue weighted by molar-refractivity contribution is 7.92. The average molecular weight is 371 g/mol. The van der Waals surface area contributed by atoms with Gasteiger partial charge in [-0.15, -0.1) is 0 Å². The summed E-state index contributed by atoms with van der Waals surface area (Å²) in [7, 11) is -2.59. The van der Waals surface area contributed by atoms with Gasteiger partial charge in [0.25, 0.3) is 10.0 Å². The van der Waals surface area contributed by atoms with Gasteiger partial charge in [0.2, 0.25) is 5.95 Å². The van der Waals surface area contributed by atoms with E-state index in [0.717, 1.165) is 11.0 Å². The standard InChI is InChI=1S/C18H17N3O4S/c1-12-7-8-13(17(22)25-2)11-16(12)26(23,24)21-10-9-20-15-6-4-3-5-14(15)19-18(20)21/h3-8,11H,9-10H2,1-2H3. The minimum atomic E-state index is -3.85. The van der Waals surface area contributed by atoms with E-state index in [-0.39, 0.29) is 10.5 Å². The van der Waals surface area contributed by atoms with Crippen LogP contribution in [0.15, 0.2) is 47.4 Å². The fourth-order valence-electron chi connectivity index (χ4n) is 3.23. The second kappa shape index (κ2) is 5.84. The van der Waals surface area contributed by atoms with Crippen LogP contribution in [-0.4, -0.2) is 37.6 Å². The van der Waals surface area contributed by atoms with E-state index in [4.69, 9.17) is 4.74 Å². The van der Waals surface area contributed by atoms with Gasteiger partial charge in [-0.05, 0) is 36.8 Å². The topological polar surface area (TPSA) is 81.5 Å². The van der Waals surface area contributed by atoms with E-state index in [0.29, 0.717) is 24.6 Å². The molecule has 2 aromatic carbocycles. The summed E-state index contributed by atoms with van der Waals surface area (Å²) in [6, 6.07) is 12.1. The predicted octanol–water partition coefficient (Wildman–Crippen LogP) is 2.34. The van der Waals surface area contributed by atoms with Crippen LogP contribution in [0.25, 0.3) is 11.0 Å². The fraction of sp³-hybridized carbons (Fsp3) is 0.222. The van der Waals surface area contributed by atoms with Crippen molar-refractivity contribution in [2.75, 3.05) is 18.0 Å². The van der Waals surface area contributed by atoms with Crippen LogP contribution in [0.4, 0.5) is 5.95 Å². The molecular weight excluding hydrogens is 354 g/mol. The largest absolute Gasteiger partial charge is 0.465 e. The summed E-state index contributed by atoms with van der Waals surface area (Å²) in [6.45, 7) is 2.54. The first kappa shape index (κ1) is 16.6. The number of esters is 1. The Morgan fingerprint density at radius 2 is 1.92 bits per heavy atom. The molecule has 0 spiro atoms. The molecule has 26 heavy (non-hydrogen) atoms. The number of aryl methyl sites for hydroxylation is 1. The highest BCUT2D eigenvalue weighted by Gasteiger charge is 2.35. The lowest BCUT2D eigenvalue weighted by atomic mass is 10.1. The van der Waals surface area contributed by atoms with E-state index < -0.39 is 16.0 Å². The Morgan fingerprint density at radius 1 is 1.15 bits per heavy atom. The van der Waals surface area contributed by atoms with Crippen molar-refractivity contribution >= 4 is 33.0 Å². The maximum absolute atomic E-state index is 13.3. The average Bonchev–Trinajstić information content (AvgIpc) is 3.20. The van der Waals surface area contributed by atoms with Crippen molar-refractivity contribution in [3.05, 3.63) is 53.6 Å². The quantitative estimate of drug-likeness (QED) is 0.660. The second-order valence-electron chi connectivity index (χ2n) is 6.10. The fourth-order valence-corrected chi connectivity index (χ4v) is 4.90. The molecule has 0 saturated heterocycles. The van der Waals surface area contributed by atoms with Crippen molar-refractivity contribution in [1.29, 1.82) is 0 Å². The third-order valence-electron chi connectivity index (χ3n) is 4.56. The lowest BCUT2D eigenvalue weighted by molar-refractivity contribution is 0.0600. The lowest BCUT2D eigenvalue weighted by Gasteiger charge is -2.18. The molecule has 7 nitrogen and oxygen atoms in total. The highest BCUT2D eigenvalue weighted by atomic mass is 32.2. The smallest absolute Gasteiger partial charge is 0.337 e. The van der Waals surface area contributed by atoms with Crippen LogP contribution in [0.1, 0.15) is 15.9 Å². The first-order chi connectivity index (χ1) is 12.4. The molecule has 0 bridgehead atoms. The summed E-state index contributed by atoms with van der Waals surface area (Å²) in [6.07, 6.45) is 0. The Labute approximate surface area is 150 Å². The Hall–Kier alpha value is -2.87. The zero-order valence-electron chi connectivity index (χ0n) is 14.3. The maximum Gasteiger partial charge on any atom is 0.337 e. The summed E-state index contributed by atoms with van der Waals surface area (Å²) in [5, 5.41) is 0. The van der Waals surface area contributed by atoms with Crippen LogP contribution in [-0.2, 0) is 21.3 Å². The third kappa shape index (κ3) is 2.37. The van der Waals surface area contributed by atoms with Crippen LogP contribution < -0.4 is 4.31 Å². The molecule has 1 aliphatic rings. The van der Waals surface area contributed by atoms with Crippen molar-refractivity contribution in [2.24, 2.45) is 0 Å².